The average Bonchev–Trinajstić information content (AvgIpc) is 2.00. The first-order chi connectivity index (χ1) is 6.31. The van der Waals surface area contributed by atoms with Gasteiger partial charge in [0.15, 0.2) is 0 Å². The van der Waals surface area contributed by atoms with Crippen LogP contribution in [0.4, 0.5) is 0 Å². The summed E-state index contributed by atoms with van der Waals surface area (Å²) in [5.41, 5.74) is 6.78. The first kappa shape index (κ1) is 10.5. The van der Waals surface area contributed by atoms with Crippen LogP contribution in [0.5, 0.6) is 0 Å². The fourth-order valence-electron chi connectivity index (χ4n) is 3.88. The predicted octanol–water partition coefficient (Wildman–Crippen LogP) is 3.19. The molecule has 3 atom stereocenters. The summed E-state index contributed by atoms with van der Waals surface area (Å²) in [6, 6.07) is 0. The topological polar surface area (TPSA) is 26.0 Å². The minimum atomic E-state index is 0.0309. The molecular weight excluding hydrogens is 170 g/mol. The first-order valence-electron chi connectivity index (χ1n) is 6.09. The van der Waals surface area contributed by atoms with Crippen LogP contribution in [0.15, 0.2) is 0 Å². The Balaban J connectivity index is 2.01. The van der Waals surface area contributed by atoms with E-state index in [1.807, 2.05) is 0 Å². The van der Waals surface area contributed by atoms with Gasteiger partial charge in [-0.25, -0.2) is 0 Å². The van der Waals surface area contributed by atoms with Crippen LogP contribution in [-0.2, 0) is 0 Å². The van der Waals surface area contributed by atoms with Crippen LogP contribution in [0.2, 0.25) is 0 Å². The quantitative estimate of drug-likeness (QED) is 0.719. The molecule has 0 radical (unpaired) electrons. The van der Waals surface area contributed by atoms with Crippen molar-refractivity contribution in [3.8, 4) is 0 Å². The van der Waals surface area contributed by atoms with E-state index in [0.29, 0.717) is 5.41 Å². The Morgan fingerprint density at radius 1 is 1.29 bits per heavy atom. The first-order valence-corrected chi connectivity index (χ1v) is 6.09. The molecule has 3 saturated carbocycles. The molecule has 3 rings (SSSR count). The minimum Gasteiger partial charge on any atom is -0.326 e. The van der Waals surface area contributed by atoms with Crippen LogP contribution < -0.4 is 5.73 Å². The highest BCUT2D eigenvalue weighted by Crippen LogP contribution is 2.62. The van der Waals surface area contributed by atoms with E-state index in [2.05, 4.69) is 27.7 Å². The van der Waals surface area contributed by atoms with Crippen molar-refractivity contribution in [2.75, 3.05) is 0 Å². The summed E-state index contributed by atoms with van der Waals surface area (Å²) in [5, 5.41) is 0. The molecule has 1 nitrogen and oxygen atoms in total. The number of fused-ring (bicyclic) bond motifs is 2. The summed E-state index contributed by atoms with van der Waals surface area (Å²) >= 11 is 0. The third-order valence-corrected chi connectivity index (χ3v) is 4.79. The second-order valence-electron chi connectivity index (χ2n) is 6.89. The molecule has 0 amide bonds. The average molecular weight is 195 g/mol. The molecule has 1 heteroatoms. The van der Waals surface area contributed by atoms with Crippen LogP contribution in [0.3, 0.4) is 0 Å². The molecule has 3 aliphatic carbocycles. The number of hydrogen-bond acceptors (Lipinski definition) is 1. The van der Waals surface area contributed by atoms with Gasteiger partial charge in [-0.05, 0) is 62.7 Å². The molecule has 14 heavy (non-hydrogen) atoms. The van der Waals surface area contributed by atoms with Gasteiger partial charge in [0.25, 0.3) is 0 Å². The number of hydrogen-bond donors (Lipinski definition) is 1. The zero-order valence-electron chi connectivity index (χ0n) is 10.1. The van der Waals surface area contributed by atoms with Crippen molar-refractivity contribution < 1.29 is 0 Å². The Bertz CT molecular complexity index is 222. The molecular formula is C13H25N. The van der Waals surface area contributed by atoms with Gasteiger partial charge in [0.1, 0.15) is 0 Å². The standard InChI is InChI=1S/C13H25N/c1-12(2,14)8-9-5-6-10-7-11(9)13(10,3)4/h9-11H,5-8,14H2,1-4H3. The molecule has 0 saturated heterocycles. The summed E-state index contributed by atoms with van der Waals surface area (Å²) in [6.45, 7) is 9.26. The van der Waals surface area contributed by atoms with Crippen molar-refractivity contribution >= 4 is 0 Å². The lowest BCUT2D eigenvalue weighted by atomic mass is 9.45. The van der Waals surface area contributed by atoms with E-state index in [0.717, 1.165) is 17.8 Å². The molecule has 82 valence electrons. The molecule has 0 aromatic heterocycles. The number of rotatable bonds is 2. The molecule has 2 bridgehead atoms. The van der Waals surface area contributed by atoms with Crippen LogP contribution in [0.1, 0.15) is 53.4 Å². The lowest BCUT2D eigenvalue weighted by Crippen LogP contribution is -2.54. The van der Waals surface area contributed by atoms with E-state index in [9.17, 15) is 0 Å². The van der Waals surface area contributed by atoms with Crippen molar-refractivity contribution in [1.82, 2.24) is 0 Å². The maximum atomic E-state index is 6.13. The van der Waals surface area contributed by atoms with Gasteiger partial charge in [0.2, 0.25) is 0 Å². The van der Waals surface area contributed by atoms with Crippen molar-refractivity contribution in [3.63, 3.8) is 0 Å². The summed E-state index contributed by atoms with van der Waals surface area (Å²) in [5.74, 6) is 2.88. The van der Waals surface area contributed by atoms with Gasteiger partial charge in [-0.1, -0.05) is 13.8 Å². The summed E-state index contributed by atoms with van der Waals surface area (Å²) in [4.78, 5) is 0. The third kappa shape index (κ3) is 1.60. The second kappa shape index (κ2) is 2.98. The van der Waals surface area contributed by atoms with Crippen molar-refractivity contribution in [3.05, 3.63) is 0 Å². The Kier molecular flexibility index (Phi) is 2.23. The van der Waals surface area contributed by atoms with Gasteiger partial charge in [-0.3, -0.25) is 0 Å². The Hall–Kier alpha value is -0.0400. The molecule has 0 aromatic carbocycles. The van der Waals surface area contributed by atoms with Crippen LogP contribution in [0.25, 0.3) is 0 Å². The van der Waals surface area contributed by atoms with E-state index < -0.39 is 0 Å². The van der Waals surface area contributed by atoms with Gasteiger partial charge in [0, 0.05) is 5.54 Å². The van der Waals surface area contributed by atoms with Crippen molar-refractivity contribution in [2.24, 2.45) is 28.9 Å². The Labute approximate surface area is 88.4 Å². The third-order valence-electron chi connectivity index (χ3n) is 4.79. The van der Waals surface area contributed by atoms with Gasteiger partial charge >= 0.3 is 0 Å². The normalized spacial score (nSPS) is 40.5. The SMILES string of the molecule is CC(C)(N)CC1CCC2CC1C2(C)C. The number of nitrogens with two attached hydrogens (primary N) is 1. The van der Waals surface area contributed by atoms with E-state index in [1.165, 1.54) is 25.7 Å². The highest BCUT2D eigenvalue weighted by Gasteiger charge is 2.54. The van der Waals surface area contributed by atoms with Gasteiger partial charge < -0.3 is 5.73 Å². The van der Waals surface area contributed by atoms with Crippen molar-refractivity contribution in [1.29, 1.82) is 0 Å². The highest BCUT2D eigenvalue weighted by molar-refractivity contribution is 5.04. The summed E-state index contributed by atoms with van der Waals surface area (Å²) in [7, 11) is 0. The molecule has 0 spiro atoms. The highest BCUT2D eigenvalue weighted by atomic mass is 14.7. The lowest BCUT2D eigenvalue weighted by Gasteiger charge is -2.61. The van der Waals surface area contributed by atoms with Crippen LogP contribution >= 0.6 is 0 Å². The van der Waals surface area contributed by atoms with Gasteiger partial charge in [-0.15, -0.1) is 0 Å². The fraction of sp³-hybridized carbons (Fsp3) is 1.00. The van der Waals surface area contributed by atoms with Crippen molar-refractivity contribution in [2.45, 2.75) is 58.9 Å². The monoisotopic (exact) mass is 195 g/mol. The molecule has 3 unspecified atom stereocenters. The van der Waals surface area contributed by atoms with E-state index in [1.54, 1.807) is 0 Å². The van der Waals surface area contributed by atoms with Crippen LogP contribution in [0, 0.1) is 23.2 Å². The lowest BCUT2D eigenvalue weighted by molar-refractivity contribution is -0.110. The molecule has 3 fully saturated rings. The molecule has 3 aliphatic rings. The van der Waals surface area contributed by atoms with E-state index in [-0.39, 0.29) is 5.54 Å². The maximum absolute atomic E-state index is 6.13. The second-order valence-corrected chi connectivity index (χ2v) is 6.89. The Morgan fingerprint density at radius 3 is 2.36 bits per heavy atom. The molecule has 0 heterocycles. The van der Waals surface area contributed by atoms with Crippen LogP contribution in [-0.4, -0.2) is 5.54 Å². The van der Waals surface area contributed by atoms with E-state index in [4.69, 9.17) is 5.73 Å². The van der Waals surface area contributed by atoms with E-state index >= 15 is 0 Å². The maximum Gasteiger partial charge on any atom is 0.00997 e. The van der Waals surface area contributed by atoms with Gasteiger partial charge in [-0.2, -0.15) is 0 Å². The predicted molar refractivity (Wildman–Crippen MR) is 61.0 cm³/mol. The molecule has 0 aliphatic heterocycles. The van der Waals surface area contributed by atoms with Gasteiger partial charge in [0.05, 0.1) is 0 Å². The fourth-order valence-corrected chi connectivity index (χ4v) is 3.88. The largest absolute Gasteiger partial charge is 0.326 e. The zero-order chi connectivity index (χ0) is 10.6. The summed E-state index contributed by atoms with van der Waals surface area (Å²) < 4.78 is 0. The minimum absolute atomic E-state index is 0.0309. The molecule has 2 N–H and O–H groups in total. The Morgan fingerprint density at radius 2 is 1.93 bits per heavy atom. The molecule has 0 aromatic rings. The zero-order valence-corrected chi connectivity index (χ0v) is 10.1. The summed E-state index contributed by atoms with van der Waals surface area (Å²) in [6.07, 6.45) is 5.57. The smallest absolute Gasteiger partial charge is 0.00997 e.